The summed E-state index contributed by atoms with van der Waals surface area (Å²) >= 11 is 0. The van der Waals surface area contributed by atoms with Crippen molar-refractivity contribution in [2.24, 2.45) is 23.7 Å². The summed E-state index contributed by atoms with van der Waals surface area (Å²) in [5.41, 5.74) is 1.59. The average molecular weight is 463 g/mol. The highest BCUT2D eigenvalue weighted by atomic mass is 19.3. The fraction of sp³-hybridized carbons (Fsp3) is 0.724. The molecule has 2 saturated carbocycles. The molecule has 0 aromatic carbocycles. The first-order valence-electron chi connectivity index (χ1n) is 13.4. The van der Waals surface area contributed by atoms with Crippen LogP contribution in [0.1, 0.15) is 90.4 Å². The van der Waals surface area contributed by atoms with Gasteiger partial charge in [-0.05, 0) is 87.2 Å². The average Bonchev–Trinajstić information content (AvgIpc) is 2.85. The highest BCUT2D eigenvalue weighted by molar-refractivity contribution is 5.27. The molecule has 0 aromatic heterocycles. The smallest absolute Gasteiger partial charge is 0.269 e. The Morgan fingerprint density at radius 2 is 1.67 bits per heavy atom. The summed E-state index contributed by atoms with van der Waals surface area (Å²) in [7, 11) is 0. The Labute approximate surface area is 200 Å². The van der Waals surface area contributed by atoms with Gasteiger partial charge in [0.05, 0.1) is 13.2 Å². The minimum Gasteiger partial charge on any atom is -0.352 e. The zero-order valence-electron chi connectivity index (χ0n) is 20.6. The van der Waals surface area contributed by atoms with E-state index < -0.39 is 6.08 Å². The molecule has 0 amide bonds. The van der Waals surface area contributed by atoms with E-state index in [0.717, 1.165) is 38.4 Å². The minimum atomic E-state index is -1.47. The van der Waals surface area contributed by atoms with Crippen molar-refractivity contribution >= 4 is 0 Å². The van der Waals surface area contributed by atoms with Gasteiger partial charge in [0.1, 0.15) is 0 Å². The maximum atomic E-state index is 12.8. The molecule has 2 nitrogen and oxygen atoms in total. The lowest BCUT2D eigenvalue weighted by Crippen LogP contribution is -2.38. The van der Waals surface area contributed by atoms with Crippen LogP contribution in [-0.2, 0) is 9.47 Å². The molecule has 0 bridgehead atoms. The van der Waals surface area contributed by atoms with Gasteiger partial charge in [-0.15, -0.1) is 0 Å². The Bertz CT molecular complexity index is 666. The predicted molar refractivity (Wildman–Crippen MR) is 132 cm³/mol. The lowest BCUT2D eigenvalue weighted by Gasteiger charge is -2.37. The van der Waals surface area contributed by atoms with E-state index in [0.29, 0.717) is 36.2 Å². The molecule has 1 saturated heterocycles. The van der Waals surface area contributed by atoms with Gasteiger partial charge in [-0.25, -0.2) is 0 Å². The third-order valence-corrected chi connectivity index (χ3v) is 7.90. The molecule has 0 unspecified atom stereocenters. The van der Waals surface area contributed by atoms with Crippen LogP contribution in [0.2, 0.25) is 0 Å². The SMILES string of the molecule is C=C/C=C(\C=C/CC1CCC(C2OCC(CCCCC)CO2)CC1)C1CCC(=C(F)F)CC1. The maximum Gasteiger partial charge on any atom is 0.269 e. The summed E-state index contributed by atoms with van der Waals surface area (Å²) in [4.78, 5) is 0. The molecule has 0 spiro atoms. The largest absolute Gasteiger partial charge is 0.352 e. The van der Waals surface area contributed by atoms with Crippen molar-refractivity contribution in [3.63, 3.8) is 0 Å². The molecule has 4 heteroatoms. The summed E-state index contributed by atoms with van der Waals surface area (Å²) in [5.74, 6) is 2.20. The van der Waals surface area contributed by atoms with E-state index in [1.54, 1.807) is 0 Å². The highest BCUT2D eigenvalue weighted by Gasteiger charge is 2.32. The van der Waals surface area contributed by atoms with Gasteiger partial charge in [0.2, 0.25) is 0 Å². The van der Waals surface area contributed by atoms with Crippen LogP contribution in [0.3, 0.4) is 0 Å². The number of unbranched alkanes of at least 4 members (excludes halogenated alkanes) is 2. The van der Waals surface area contributed by atoms with Crippen LogP contribution in [0.5, 0.6) is 0 Å². The van der Waals surface area contributed by atoms with Crippen molar-refractivity contribution < 1.29 is 18.3 Å². The van der Waals surface area contributed by atoms with E-state index in [-0.39, 0.29) is 6.29 Å². The van der Waals surface area contributed by atoms with Gasteiger partial charge in [0.25, 0.3) is 6.08 Å². The van der Waals surface area contributed by atoms with Crippen LogP contribution in [0.4, 0.5) is 8.78 Å². The van der Waals surface area contributed by atoms with Gasteiger partial charge in [0.15, 0.2) is 6.29 Å². The molecular weight excluding hydrogens is 418 g/mol. The summed E-state index contributed by atoms with van der Waals surface area (Å²) in [6.45, 7) is 7.83. The fourth-order valence-corrected chi connectivity index (χ4v) is 5.72. The standard InChI is InChI=1S/C29H44F2O2/c1-3-5-6-9-23-20-32-29(33-21-23)27-14-12-22(13-15-27)10-7-11-24(8-4-2)25-16-18-26(19-17-25)28(30)31/h4,7-8,11,22-23,25,27,29H,2-3,5-6,9-10,12-21H2,1H3/b11-7-,24-8+. The number of hydrogen-bond acceptors (Lipinski definition) is 2. The Morgan fingerprint density at radius 3 is 2.27 bits per heavy atom. The summed E-state index contributed by atoms with van der Waals surface area (Å²) in [5, 5.41) is 0. The molecule has 186 valence electrons. The van der Waals surface area contributed by atoms with Gasteiger partial charge in [-0.1, -0.05) is 57.1 Å². The van der Waals surface area contributed by atoms with Crippen LogP contribution >= 0.6 is 0 Å². The van der Waals surface area contributed by atoms with Gasteiger partial charge < -0.3 is 9.47 Å². The Hall–Kier alpha value is -1.26. The monoisotopic (exact) mass is 462 g/mol. The van der Waals surface area contributed by atoms with Crippen molar-refractivity contribution in [3.05, 3.63) is 48.1 Å². The third-order valence-electron chi connectivity index (χ3n) is 7.90. The van der Waals surface area contributed by atoms with E-state index in [1.807, 2.05) is 6.08 Å². The molecule has 1 heterocycles. The number of rotatable bonds is 10. The topological polar surface area (TPSA) is 18.5 Å². The third kappa shape index (κ3) is 8.47. The number of allylic oxidation sites excluding steroid dienone is 6. The Kier molecular flexibility index (Phi) is 11.3. The molecular formula is C29H44F2O2. The van der Waals surface area contributed by atoms with Gasteiger partial charge in [-0.2, -0.15) is 8.78 Å². The maximum absolute atomic E-state index is 12.8. The second-order valence-corrected chi connectivity index (χ2v) is 10.4. The van der Waals surface area contributed by atoms with Gasteiger partial charge in [0, 0.05) is 11.8 Å². The second kappa shape index (κ2) is 14.2. The Morgan fingerprint density at radius 1 is 0.970 bits per heavy atom. The highest BCUT2D eigenvalue weighted by Crippen LogP contribution is 2.37. The summed E-state index contributed by atoms with van der Waals surface area (Å²) in [6.07, 6.45) is 20.6. The van der Waals surface area contributed by atoms with E-state index in [2.05, 4.69) is 31.7 Å². The van der Waals surface area contributed by atoms with E-state index >= 15 is 0 Å². The molecule has 0 atom stereocenters. The molecule has 2 aliphatic carbocycles. The Balaban J connectivity index is 1.37. The van der Waals surface area contributed by atoms with E-state index in [4.69, 9.17) is 9.47 Å². The van der Waals surface area contributed by atoms with Crippen LogP contribution in [-0.4, -0.2) is 19.5 Å². The first kappa shape index (κ1) is 26.3. The van der Waals surface area contributed by atoms with Crippen molar-refractivity contribution in [2.45, 2.75) is 96.7 Å². The van der Waals surface area contributed by atoms with Crippen LogP contribution in [0.25, 0.3) is 0 Å². The van der Waals surface area contributed by atoms with Crippen LogP contribution in [0.15, 0.2) is 48.1 Å². The first-order chi connectivity index (χ1) is 16.1. The molecule has 0 radical (unpaired) electrons. The fourth-order valence-electron chi connectivity index (χ4n) is 5.72. The van der Waals surface area contributed by atoms with Crippen molar-refractivity contribution in [2.75, 3.05) is 13.2 Å². The summed E-state index contributed by atoms with van der Waals surface area (Å²) < 4.78 is 37.9. The minimum absolute atomic E-state index is 0.00504. The lowest BCUT2D eigenvalue weighted by molar-refractivity contribution is -0.230. The van der Waals surface area contributed by atoms with Crippen molar-refractivity contribution in [1.82, 2.24) is 0 Å². The van der Waals surface area contributed by atoms with Crippen molar-refractivity contribution in [3.8, 4) is 0 Å². The van der Waals surface area contributed by atoms with Crippen LogP contribution < -0.4 is 0 Å². The van der Waals surface area contributed by atoms with E-state index in [1.165, 1.54) is 56.9 Å². The molecule has 0 aromatic rings. The number of hydrogen-bond donors (Lipinski definition) is 0. The number of halogens is 2. The lowest BCUT2D eigenvalue weighted by atomic mass is 9.79. The van der Waals surface area contributed by atoms with Gasteiger partial charge >= 0.3 is 0 Å². The quantitative estimate of drug-likeness (QED) is 0.239. The molecule has 0 N–H and O–H groups in total. The van der Waals surface area contributed by atoms with Crippen molar-refractivity contribution in [1.29, 1.82) is 0 Å². The van der Waals surface area contributed by atoms with E-state index in [9.17, 15) is 8.78 Å². The molecule has 1 aliphatic heterocycles. The first-order valence-corrected chi connectivity index (χ1v) is 13.4. The molecule has 3 fully saturated rings. The molecule has 33 heavy (non-hydrogen) atoms. The molecule has 3 aliphatic rings. The zero-order chi connectivity index (χ0) is 23.5. The predicted octanol–water partition coefficient (Wildman–Crippen LogP) is 8.76. The molecule has 3 rings (SSSR count). The zero-order valence-corrected chi connectivity index (χ0v) is 20.6. The normalized spacial score (nSPS) is 31.7. The summed E-state index contributed by atoms with van der Waals surface area (Å²) in [6, 6.07) is 0. The van der Waals surface area contributed by atoms with Gasteiger partial charge in [-0.3, -0.25) is 0 Å². The van der Waals surface area contributed by atoms with Crippen LogP contribution in [0, 0.1) is 23.7 Å². The number of ether oxygens (including phenoxy) is 2. The second-order valence-electron chi connectivity index (χ2n) is 10.4.